The van der Waals surface area contributed by atoms with Crippen molar-refractivity contribution in [1.29, 1.82) is 0 Å². The maximum atomic E-state index is 12.9. The zero-order chi connectivity index (χ0) is 13.8. The van der Waals surface area contributed by atoms with Gasteiger partial charge in [0.25, 0.3) is 0 Å². The van der Waals surface area contributed by atoms with E-state index < -0.39 is 0 Å². The quantitative estimate of drug-likeness (QED) is 0.917. The van der Waals surface area contributed by atoms with E-state index in [4.69, 9.17) is 4.74 Å². The van der Waals surface area contributed by atoms with Crippen LogP contribution in [0.1, 0.15) is 13.8 Å². The van der Waals surface area contributed by atoms with Crippen molar-refractivity contribution in [3.63, 3.8) is 0 Å². The molecule has 19 heavy (non-hydrogen) atoms. The fraction of sp³-hybridized carbons (Fsp3) is 0.308. The number of aromatic nitrogens is 3. The zero-order valence-corrected chi connectivity index (χ0v) is 11.0. The van der Waals surface area contributed by atoms with E-state index in [0.29, 0.717) is 17.3 Å². The van der Waals surface area contributed by atoms with E-state index in [1.54, 1.807) is 19.2 Å². The lowest BCUT2D eigenvalue weighted by Crippen LogP contribution is -2.11. The predicted octanol–water partition coefficient (Wildman–Crippen LogP) is 2.51. The van der Waals surface area contributed by atoms with Crippen LogP contribution in [0.25, 0.3) is 11.4 Å². The van der Waals surface area contributed by atoms with Gasteiger partial charge in [-0.15, -0.1) is 0 Å². The molecular weight excluding hydrogens is 247 g/mol. The van der Waals surface area contributed by atoms with Crippen molar-refractivity contribution in [1.82, 2.24) is 15.0 Å². The molecule has 1 heterocycles. The summed E-state index contributed by atoms with van der Waals surface area (Å²) in [5.41, 5.74) is 0.703. The number of nitrogens with one attached hydrogen (secondary N) is 1. The molecule has 6 heteroatoms. The maximum absolute atomic E-state index is 12.9. The lowest BCUT2D eigenvalue weighted by molar-refractivity contribution is 0.222. The summed E-state index contributed by atoms with van der Waals surface area (Å²) in [4.78, 5) is 12.5. The summed E-state index contributed by atoms with van der Waals surface area (Å²) < 4.78 is 18.4. The second kappa shape index (κ2) is 5.60. The minimum absolute atomic E-state index is 0.0341. The third-order valence-electron chi connectivity index (χ3n) is 2.28. The lowest BCUT2D eigenvalue weighted by Gasteiger charge is -2.10. The fourth-order valence-corrected chi connectivity index (χ4v) is 1.46. The number of anilines is 1. The van der Waals surface area contributed by atoms with Crippen LogP contribution in [-0.4, -0.2) is 28.1 Å². The molecule has 0 saturated heterocycles. The zero-order valence-electron chi connectivity index (χ0n) is 11.0. The van der Waals surface area contributed by atoms with Crippen LogP contribution in [0.2, 0.25) is 0 Å². The molecule has 1 aromatic heterocycles. The molecule has 0 fully saturated rings. The molecule has 1 N–H and O–H groups in total. The highest BCUT2D eigenvalue weighted by atomic mass is 19.1. The monoisotopic (exact) mass is 262 g/mol. The molecule has 0 atom stereocenters. The van der Waals surface area contributed by atoms with E-state index >= 15 is 0 Å². The molecule has 1 aromatic carbocycles. The van der Waals surface area contributed by atoms with E-state index in [-0.39, 0.29) is 17.9 Å². The van der Waals surface area contributed by atoms with Crippen LogP contribution in [0.15, 0.2) is 24.3 Å². The number of benzene rings is 1. The first kappa shape index (κ1) is 13.2. The van der Waals surface area contributed by atoms with E-state index in [1.807, 2.05) is 13.8 Å². The number of hydrogen-bond donors (Lipinski definition) is 1. The molecule has 2 rings (SSSR count). The first-order chi connectivity index (χ1) is 9.08. The van der Waals surface area contributed by atoms with Crippen LogP contribution in [0.5, 0.6) is 6.01 Å². The largest absolute Gasteiger partial charge is 0.461 e. The Morgan fingerprint density at radius 3 is 2.37 bits per heavy atom. The summed E-state index contributed by atoms with van der Waals surface area (Å²) in [6.45, 7) is 3.78. The molecule has 5 nitrogen and oxygen atoms in total. The van der Waals surface area contributed by atoms with E-state index in [1.165, 1.54) is 12.1 Å². The van der Waals surface area contributed by atoms with Gasteiger partial charge in [-0.1, -0.05) is 0 Å². The first-order valence-corrected chi connectivity index (χ1v) is 5.95. The van der Waals surface area contributed by atoms with Crippen LogP contribution in [0, 0.1) is 5.82 Å². The maximum Gasteiger partial charge on any atom is 0.322 e. The molecule has 0 aliphatic carbocycles. The standard InChI is InChI=1S/C13H15FN4O/c1-8(2)19-13-17-11(16-12(15-3)18-13)9-4-6-10(14)7-5-9/h4-8H,1-3H3,(H,15,16,17,18). The minimum atomic E-state index is -0.301. The van der Waals surface area contributed by atoms with Crippen molar-refractivity contribution in [2.45, 2.75) is 20.0 Å². The average molecular weight is 262 g/mol. The highest BCUT2D eigenvalue weighted by Crippen LogP contribution is 2.19. The summed E-state index contributed by atoms with van der Waals surface area (Å²) in [7, 11) is 1.71. The Hall–Kier alpha value is -2.24. The van der Waals surface area contributed by atoms with Crippen LogP contribution in [-0.2, 0) is 0 Å². The molecule has 0 radical (unpaired) electrons. The minimum Gasteiger partial charge on any atom is -0.461 e. The van der Waals surface area contributed by atoms with Gasteiger partial charge in [0.2, 0.25) is 5.95 Å². The number of rotatable bonds is 4. The SMILES string of the molecule is CNc1nc(OC(C)C)nc(-c2ccc(F)cc2)n1. The second-order valence-electron chi connectivity index (χ2n) is 4.19. The number of halogens is 1. The molecular formula is C13H15FN4O. The van der Waals surface area contributed by atoms with Crippen LogP contribution in [0.4, 0.5) is 10.3 Å². The van der Waals surface area contributed by atoms with Gasteiger partial charge in [-0.2, -0.15) is 15.0 Å². The molecule has 0 saturated carbocycles. The number of hydrogen-bond acceptors (Lipinski definition) is 5. The number of nitrogens with zero attached hydrogens (tertiary/aromatic N) is 3. The summed E-state index contributed by atoms with van der Waals surface area (Å²) in [5.74, 6) is 0.547. The first-order valence-electron chi connectivity index (χ1n) is 5.95. The Morgan fingerprint density at radius 1 is 1.11 bits per heavy atom. The van der Waals surface area contributed by atoms with Gasteiger partial charge in [-0.05, 0) is 38.1 Å². The molecule has 100 valence electrons. The van der Waals surface area contributed by atoms with Crippen molar-refractivity contribution in [3.8, 4) is 17.4 Å². The molecule has 0 amide bonds. The van der Waals surface area contributed by atoms with Gasteiger partial charge in [-0.3, -0.25) is 0 Å². The van der Waals surface area contributed by atoms with Gasteiger partial charge >= 0.3 is 6.01 Å². The van der Waals surface area contributed by atoms with Crippen molar-refractivity contribution >= 4 is 5.95 Å². The van der Waals surface area contributed by atoms with Gasteiger partial charge < -0.3 is 10.1 Å². The Labute approximate surface area is 110 Å². The third-order valence-corrected chi connectivity index (χ3v) is 2.28. The fourth-order valence-electron chi connectivity index (χ4n) is 1.46. The summed E-state index contributed by atoms with van der Waals surface area (Å²) in [6.07, 6.45) is -0.0341. The second-order valence-corrected chi connectivity index (χ2v) is 4.19. The highest BCUT2D eigenvalue weighted by molar-refractivity contribution is 5.56. The molecule has 2 aromatic rings. The summed E-state index contributed by atoms with van der Waals surface area (Å²) in [5, 5.41) is 2.85. The lowest BCUT2D eigenvalue weighted by atomic mass is 10.2. The van der Waals surface area contributed by atoms with Gasteiger partial charge in [0.05, 0.1) is 6.10 Å². The van der Waals surface area contributed by atoms with Gasteiger partial charge in [0.15, 0.2) is 5.82 Å². The van der Waals surface area contributed by atoms with E-state index in [2.05, 4.69) is 20.3 Å². The van der Waals surface area contributed by atoms with Crippen molar-refractivity contribution < 1.29 is 9.13 Å². The highest BCUT2D eigenvalue weighted by Gasteiger charge is 2.10. The van der Waals surface area contributed by atoms with E-state index in [0.717, 1.165) is 0 Å². The molecule has 0 bridgehead atoms. The van der Waals surface area contributed by atoms with Crippen LogP contribution in [0.3, 0.4) is 0 Å². The Balaban J connectivity index is 2.41. The average Bonchev–Trinajstić information content (AvgIpc) is 2.38. The van der Waals surface area contributed by atoms with Gasteiger partial charge in [0, 0.05) is 12.6 Å². The molecule has 0 aliphatic heterocycles. The van der Waals surface area contributed by atoms with Gasteiger partial charge in [0.1, 0.15) is 5.82 Å². The van der Waals surface area contributed by atoms with Crippen molar-refractivity contribution in [3.05, 3.63) is 30.1 Å². The topological polar surface area (TPSA) is 59.9 Å². The summed E-state index contributed by atoms with van der Waals surface area (Å²) in [6, 6.07) is 6.20. The van der Waals surface area contributed by atoms with E-state index in [9.17, 15) is 4.39 Å². The Morgan fingerprint density at radius 2 is 1.79 bits per heavy atom. The molecule has 0 aliphatic rings. The third kappa shape index (κ3) is 3.37. The normalized spacial score (nSPS) is 10.6. The molecule has 0 unspecified atom stereocenters. The van der Waals surface area contributed by atoms with Gasteiger partial charge in [-0.25, -0.2) is 4.39 Å². The predicted molar refractivity (Wildman–Crippen MR) is 70.5 cm³/mol. The van der Waals surface area contributed by atoms with Crippen LogP contribution >= 0.6 is 0 Å². The van der Waals surface area contributed by atoms with Crippen molar-refractivity contribution in [2.75, 3.05) is 12.4 Å². The number of ether oxygens (including phenoxy) is 1. The smallest absolute Gasteiger partial charge is 0.322 e. The summed E-state index contributed by atoms with van der Waals surface area (Å²) >= 11 is 0. The van der Waals surface area contributed by atoms with Crippen molar-refractivity contribution in [2.24, 2.45) is 0 Å². The van der Waals surface area contributed by atoms with Crippen LogP contribution < -0.4 is 10.1 Å². The Bertz CT molecular complexity index is 557. The molecule has 0 spiro atoms. The Kier molecular flexibility index (Phi) is 3.89.